The predicted octanol–water partition coefficient (Wildman–Crippen LogP) is 6.65. The standard InChI is InChI=1S/C18H12BrCl2NO2S/c19-11-4-6-12(7-5-11)22-18(23)17-16(8-9-25-17)24-10-13-14(20)2-1-3-15(13)21/h1-9H,10H2,(H,22,23). The molecule has 0 saturated heterocycles. The van der Waals surface area contributed by atoms with Gasteiger partial charge in [0.15, 0.2) is 0 Å². The van der Waals surface area contributed by atoms with Gasteiger partial charge < -0.3 is 10.1 Å². The zero-order valence-corrected chi connectivity index (χ0v) is 16.7. The van der Waals surface area contributed by atoms with Crippen LogP contribution < -0.4 is 10.1 Å². The van der Waals surface area contributed by atoms with Gasteiger partial charge in [0.05, 0.1) is 0 Å². The highest BCUT2D eigenvalue weighted by molar-refractivity contribution is 9.10. The number of rotatable bonds is 5. The van der Waals surface area contributed by atoms with E-state index in [-0.39, 0.29) is 12.5 Å². The third kappa shape index (κ3) is 4.55. The summed E-state index contributed by atoms with van der Waals surface area (Å²) >= 11 is 17.0. The first-order valence-corrected chi connectivity index (χ1v) is 9.67. The summed E-state index contributed by atoms with van der Waals surface area (Å²) in [6.07, 6.45) is 0. The molecule has 3 aromatic rings. The molecule has 0 aliphatic heterocycles. The Morgan fingerprint density at radius 3 is 2.44 bits per heavy atom. The van der Waals surface area contributed by atoms with E-state index < -0.39 is 0 Å². The summed E-state index contributed by atoms with van der Waals surface area (Å²) in [5.74, 6) is 0.271. The zero-order valence-electron chi connectivity index (χ0n) is 12.8. The molecule has 0 bridgehead atoms. The van der Waals surface area contributed by atoms with Crippen LogP contribution in [-0.4, -0.2) is 5.91 Å². The number of benzene rings is 2. The molecule has 128 valence electrons. The van der Waals surface area contributed by atoms with Crippen LogP contribution in [0.5, 0.6) is 5.75 Å². The lowest BCUT2D eigenvalue weighted by molar-refractivity contribution is 0.102. The molecule has 3 nitrogen and oxygen atoms in total. The van der Waals surface area contributed by atoms with Gasteiger partial charge in [0.25, 0.3) is 5.91 Å². The minimum atomic E-state index is -0.224. The fourth-order valence-electron chi connectivity index (χ4n) is 2.12. The Kier molecular flexibility index (Phi) is 6.02. The van der Waals surface area contributed by atoms with Gasteiger partial charge in [0, 0.05) is 25.8 Å². The minimum Gasteiger partial charge on any atom is -0.487 e. The molecule has 1 amide bonds. The van der Waals surface area contributed by atoms with Gasteiger partial charge in [0.1, 0.15) is 17.2 Å². The van der Waals surface area contributed by atoms with Crippen molar-refractivity contribution < 1.29 is 9.53 Å². The van der Waals surface area contributed by atoms with Gasteiger partial charge in [-0.1, -0.05) is 45.2 Å². The number of nitrogens with one attached hydrogen (secondary N) is 1. The molecule has 0 radical (unpaired) electrons. The Morgan fingerprint density at radius 2 is 1.76 bits per heavy atom. The van der Waals surface area contributed by atoms with Crippen LogP contribution in [0.4, 0.5) is 5.69 Å². The van der Waals surface area contributed by atoms with Crippen LogP contribution >= 0.6 is 50.5 Å². The largest absolute Gasteiger partial charge is 0.487 e. The van der Waals surface area contributed by atoms with Crippen LogP contribution in [0.1, 0.15) is 15.2 Å². The van der Waals surface area contributed by atoms with E-state index in [1.807, 2.05) is 24.3 Å². The number of amides is 1. The molecule has 1 heterocycles. The first-order chi connectivity index (χ1) is 12.0. The highest BCUT2D eigenvalue weighted by Gasteiger charge is 2.16. The van der Waals surface area contributed by atoms with E-state index in [4.69, 9.17) is 27.9 Å². The van der Waals surface area contributed by atoms with Gasteiger partial charge >= 0.3 is 0 Å². The first-order valence-electron chi connectivity index (χ1n) is 7.24. The van der Waals surface area contributed by atoms with Gasteiger partial charge in [-0.15, -0.1) is 11.3 Å². The van der Waals surface area contributed by atoms with Crippen molar-refractivity contribution in [3.63, 3.8) is 0 Å². The Bertz CT molecular complexity index is 876. The van der Waals surface area contributed by atoms with Crippen molar-refractivity contribution in [1.82, 2.24) is 0 Å². The summed E-state index contributed by atoms with van der Waals surface area (Å²) in [6.45, 7) is 0.188. The van der Waals surface area contributed by atoms with Gasteiger partial charge in [-0.05, 0) is 47.8 Å². The van der Waals surface area contributed by atoms with Gasteiger partial charge in [0.2, 0.25) is 0 Å². The fourth-order valence-corrected chi connectivity index (χ4v) is 3.62. The third-order valence-corrected chi connectivity index (χ3v) is 5.50. The van der Waals surface area contributed by atoms with Crippen molar-refractivity contribution in [1.29, 1.82) is 0 Å². The second-order valence-corrected chi connectivity index (χ2v) is 7.71. The Hall–Kier alpha value is -1.53. The van der Waals surface area contributed by atoms with Crippen molar-refractivity contribution in [3.8, 4) is 5.75 Å². The van der Waals surface area contributed by atoms with E-state index in [2.05, 4.69) is 21.2 Å². The molecule has 25 heavy (non-hydrogen) atoms. The van der Waals surface area contributed by atoms with E-state index in [1.54, 1.807) is 29.6 Å². The van der Waals surface area contributed by atoms with Crippen LogP contribution in [0.25, 0.3) is 0 Å². The molecule has 2 aromatic carbocycles. The van der Waals surface area contributed by atoms with Crippen LogP contribution in [0, 0.1) is 0 Å². The Morgan fingerprint density at radius 1 is 1.08 bits per heavy atom. The lowest BCUT2D eigenvalue weighted by Gasteiger charge is -2.10. The van der Waals surface area contributed by atoms with Crippen LogP contribution in [-0.2, 0) is 6.61 Å². The molecule has 1 aromatic heterocycles. The Labute approximate surface area is 167 Å². The summed E-state index contributed by atoms with van der Waals surface area (Å²) in [6, 6.07) is 14.4. The number of halogens is 3. The quantitative estimate of drug-likeness (QED) is 0.466. The molecule has 0 atom stereocenters. The Balaban J connectivity index is 1.72. The van der Waals surface area contributed by atoms with Crippen molar-refractivity contribution in [2.24, 2.45) is 0 Å². The number of carbonyl (C=O) groups is 1. The predicted molar refractivity (Wildman–Crippen MR) is 107 cm³/mol. The zero-order chi connectivity index (χ0) is 17.8. The summed E-state index contributed by atoms with van der Waals surface area (Å²) in [5.41, 5.74) is 1.40. The van der Waals surface area contributed by atoms with Crippen molar-refractivity contribution in [2.45, 2.75) is 6.61 Å². The SMILES string of the molecule is O=C(Nc1ccc(Br)cc1)c1sccc1OCc1c(Cl)cccc1Cl. The highest BCUT2D eigenvalue weighted by atomic mass is 79.9. The van der Waals surface area contributed by atoms with E-state index in [0.717, 1.165) is 4.47 Å². The topological polar surface area (TPSA) is 38.3 Å². The second-order valence-electron chi connectivity index (χ2n) is 5.06. The summed E-state index contributed by atoms with van der Waals surface area (Å²) in [5, 5.41) is 5.72. The number of hydrogen-bond donors (Lipinski definition) is 1. The number of thiophene rings is 1. The summed E-state index contributed by atoms with van der Waals surface area (Å²) in [4.78, 5) is 13.0. The average Bonchev–Trinajstić information content (AvgIpc) is 3.05. The van der Waals surface area contributed by atoms with Crippen molar-refractivity contribution in [2.75, 3.05) is 5.32 Å². The molecular weight excluding hydrogens is 445 g/mol. The van der Waals surface area contributed by atoms with Crippen LogP contribution in [0.15, 0.2) is 58.4 Å². The lowest BCUT2D eigenvalue weighted by atomic mass is 10.2. The maximum atomic E-state index is 12.5. The molecule has 0 fully saturated rings. The molecule has 3 rings (SSSR count). The molecule has 1 N–H and O–H groups in total. The van der Waals surface area contributed by atoms with Gasteiger partial charge in [-0.25, -0.2) is 0 Å². The molecule has 0 aliphatic carbocycles. The lowest BCUT2D eigenvalue weighted by Crippen LogP contribution is -2.11. The number of anilines is 1. The van der Waals surface area contributed by atoms with Gasteiger partial charge in [-0.3, -0.25) is 4.79 Å². The monoisotopic (exact) mass is 455 g/mol. The molecule has 0 spiro atoms. The summed E-state index contributed by atoms with van der Waals surface area (Å²) < 4.78 is 6.72. The van der Waals surface area contributed by atoms with Crippen molar-refractivity contribution in [3.05, 3.63) is 78.9 Å². The maximum Gasteiger partial charge on any atom is 0.269 e. The number of hydrogen-bond acceptors (Lipinski definition) is 3. The normalized spacial score (nSPS) is 10.5. The first kappa shape index (κ1) is 18.3. The maximum absolute atomic E-state index is 12.5. The number of ether oxygens (including phenoxy) is 1. The van der Waals surface area contributed by atoms with E-state index in [1.165, 1.54) is 11.3 Å². The third-order valence-electron chi connectivity index (χ3n) is 3.37. The average molecular weight is 457 g/mol. The molecule has 0 unspecified atom stereocenters. The number of carbonyl (C=O) groups excluding carboxylic acids is 1. The second kappa shape index (κ2) is 8.23. The fraction of sp³-hybridized carbons (Fsp3) is 0.0556. The van der Waals surface area contributed by atoms with Crippen LogP contribution in [0.2, 0.25) is 10.0 Å². The molecular formula is C18H12BrCl2NO2S. The highest BCUT2D eigenvalue weighted by Crippen LogP contribution is 2.30. The van der Waals surface area contributed by atoms with Crippen molar-refractivity contribution >= 4 is 62.1 Å². The summed E-state index contributed by atoms with van der Waals surface area (Å²) in [7, 11) is 0. The van der Waals surface area contributed by atoms with Crippen LogP contribution in [0.3, 0.4) is 0 Å². The molecule has 0 aliphatic rings. The molecule has 7 heteroatoms. The van der Waals surface area contributed by atoms with Gasteiger partial charge in [-0.2, -0.15) is 0 Å². The molecule has 0 saturated carbocycles. The van der Waals surface area contributed by atoms with E-state index >= 15 is 0 Å². The van der Waals surface area contributed by atoms with E-state index in [9.17, 15) is 4.79 Å². The smallest absolute Gasteiger partial charge is 0.269 e. The minimum absolute atomic E-state index is 0.188. The van der Waals surface area contributed by atoms with E-state index in [0.29, 0.717) is 31.9 Å².